The highest BCUT2D eigenvalue weighted by molar-refractivity contribution is 7.15. The molecule has 0 spiro atoms. The van der Waals surface area contributed by atoms with Crippen LogP contribution in [0.5, 0.6) is 0 Å². The number of rotatable bonds is 4. The number of fused-ring (bicyclic) bond motifs is 1. The summed E-state index contributed by atoms with van der Waals surface area (Å²) < 4.78 is 0. The van der Waals surface area contributed by atoms with Crippen molar-refractivity contribution >= 4 is 22.4 Å². The van der Waals surface area contributed by atoms with Gasteiger partial charge in [-0.05, 0) is 39.0 Å². The van der Waals surface area contributed by atoms with E-state index in [2.05, 4.69) is 20.3 Å². The summed E-state index contributed by atoms with van der Waals surface area (Å²) in [6.07, 6.45) is 6.02. The molecule has 0 radical (unpaired) electrons. The summed E-state index contributed by atoms with van der Waals surface area (Å²) in [4.78, 5) is 45.6. The van der Waals surface area contributed by atoms with Gasteiger partial charge in [0.25, 0.3) is 5.56 Å². The lowest BCUT2D eigenvalue weighted by Crippen LogP contribution is -2.27. The molecule has 1 amide bonds. The molecule has 8 heteroatoms. The van der Waals surface area contributed by atoms with Gasteiger partial charge in [0.15, 0.2) is 5.13 Å². The Morgan fingerprint density at radius 1 is 1.21 bits per heavy atom. The number of hydrogen-bond acceptors (Lipinski definition) is 5. The highest BCUT2D eigenvalue weighted by Crippen LogP contribution is 2.28. The second-order valence-corrected chi connectivity index (χ2v) is 7.09. The van der Waals surface area contributed by atoms with Gasteiger partial charge in [0.2, 0.25) is 5.91 Å². The molecule has 24 heavy (non-hydrogen) atoms. The maximum Gasteiger partial charge on any atom is 0.325 e. The predicted octanol–water partition coefficient (Wildman–Crippen LogP) is 1.67. The van der Waals surface area contributed by atoms with Crippen LogP contribution in [-0.2, 0) is 24.1 Å². The Kier molecular flexibility index (Phi) is 4.94. The van der Waals surface area contributed by atoms with Crippen LogP contribution in [0.1, 0.15) is 47.5 Å². The number of amides is 1. The number of aromatic nitrogens is 3. The third-order valence-electron chi connectivity index (χ3n) is 4.20. The first kappa shape index (κ1) is 16.6. The van der Waals surface area contributed by atoms with E-state index < -0.39 is 11.2 Å². The molecule has 7 nitrogen and oxygen atoms in total. The lowest BCUT2D eigenvalue weighted by Gasteiger charge is -2.04. The van der Waals surface area contributed by atoms with Gasteiger partial charge in [0.05, 0.1) is 5.69 Å². The molecule has 0 bridgehead atoms. The third-order valence-corrected chi connectivity index (χ3v) is 5.27. The van der Waals surface area contributed by atoms with Gasteiger partial charge < -0.3 is 10.3 Å². The molecular formula is C16H20N4O3S. The van der Waals surface area contributed by atoms with Crippen LogP contribution in [0.15, 0.2) is 9.59 Å². The summed E-state index contributed by atoms with van der Waals surface area (Å²) in [5, 5.41) is 3.46. The largest absolute Gasteiger partial charge is 0.325 e. The fourth-order valence-electron chi connectivity index (χ4n) is 2.93. The van der Waals surface area contributed by atoms with E-state index >= 15 is 0 Å². The summed E-state index contributed by atoms with van der Waals surface area (Å²) in [5.74, 6) is -0.177. The summed E-state index contributed by atoms with van der Waals surface area (Å²) in [5.41, 5.74) is 1.07. The van der Waals surface area contributed by atoms with Crippen molar-refractivity contribution < 1.29 is 4.79 Å². The first-order valence-electron chi connectivity index (χ1n) is 8.13. The summed E-state index contributed by atoms with van der Waals surface area (Å²) in [6, 6.07) is 0. The molecule has 0 saturated heterocycles. The summed E-state index contributed by atoms with van der Waals surface area (Å²) in [7, 11) is 0. The van der Waals surface area contributed by atoms with Crippen LogP contribution in [0.3, 0.4) is 0 Å². The van der Waals surface area contributed by atoms with Crippen LogP contribution in [-0.4, -0.2) is 20.9 Å². The zero-order chi connectivity index (χ0) is 17.1. The Bertz CT molecular complexity index is 841. The van der Waals surface area contributed by atoms with E-state index in [1.165, 1.54) is 17.7 Å². The van der Waals surface area contributed by atoms with Gasteiger partial charge in [0, 0.05) is 22.6 Å². The standard InChI is InChI=1S/C16H20N4O3S/c1-9-10(14(22)20-15(23)17-9)7-8-13(21)19-16-18-11-5-3-2-4-6-12(11)24-16/h2-8H2,1H3,(H,18,19,21)(H2,17,20,22,23). The van der Waals surface area contributed by atoms with Gasteiger partial charge in [-0.3, -0.25) is 14.6 Å². The average molecular weight is 348 g/mol. The van der Waals surface area contributed by atoms with Crippen molar-refractivity contribution in [1.82, 2.24) is 15.0 Å². The molecule has 0 aliphatic heterocycles. The first-order chi connectivity index (χ1) is 11.5. The number of thiazole rings is 1. The molecule has 3 N–H and O–H groups in total. The maximum atomic E-state index is 12.1. The van der Waals surface area contributed by atoms with Crippen LogP contribution in [0.2, 0.25) is 0 Å². The topological polar surface area (TPSA) is 108 Å². The Balaban J connectivity index is 1.62. The van der Waals surface area contributed by atoms with Gasteiger partial charge in [0.1, 0.15) is 0 Å². The highest BCUT2D eigenvalue weighted by Gasteiger charge is 2.16. The Morgan fingerprint density at radius 2 is 2.00 bits per heavy atom. The number of aryl methyl sites for hydroxylation is 3. The molecule has 0 aromatic carbocycles. The normalized spacial score (nSPS) is 14.0. The van der Waals surface area contributed by atoms with Crippen LogP contribution >= 0.6 is 11.3 Å². The van der Waals surface area contributed by atoms with Crippen molar-refractivity contribution in [3.05, 3.63) is 42.7 Å². The monoisotopic (exact) mass is 348 g/mol. The number of H-pyrrole nitrogens is 2. The van der Waals surface area contributed by atoms with E-state index in [0.29, 0.717) is 16.4 Å². The second-order valence-electron chi connectivity index (χ2n) is 6.01. The lowest BCUT2D eigenvalue weighted by atomic mass is 10.1. The summed E-state index contributed by atoms with van der Waals surface area (Å²) in [6.45, 7) is 1.65. The van der Waals surface area contributed by atoms with Gasteiger partial charge >= 0.3 is 5.69 Å². The molecule has 3 rings (SSSR count). The van der Waals surface area contributed by atoms with Crippen LogP contribution in [0.4, 0.5) is 5.13 Å². The number of nitrogens with zero attached hydrogens (tertiary/aromatic N) is 1. The summed E-state index contributed by atoms with van der Waals surface area (Å²) >= 11 is 1.55. The average Bonchev–Trinajstić information content (AvgIpc) is 2.74. The smallest absolute Gasteiger partial charge is 0.311 e. The first-order valence-corrected chi connectivity index (χ1v) is 8.95. The molecule has 1 aliphatic rings. The SMILES string of the molecule is Cc1[nH]c(=O)[nH]c(=O)c1CCC(=O)Nc1nc2c(s1)CCCCC2. The van der Waals surface area contributed by atoms with Crippen molar-refractivity contribution in [2.75, 3.05) is 5.32 Å². The van der Waals surface area contributed by atoms with Gasteiger partial charge in [-0.25, -0.2) is 9.78 Å². The lowest BCUT2D eigenvalue weighted by molar-refractivity contribution is -0.116. The number of aromatic amines is 2. The van der Waals surface area contributed by atoms with Gasteiger partial charge in [-0.15, -0.1) is 11.3 Å². The maximum absolute atomic E-state index is 12.1. The number of carbonyl (C=O) groups is 1. The quantitative estimate of drug-likeness (QED) is 0.730. The molecule has 1 aliphatic carbocycles. The van der Waals surface area contributed by atoms with Crippen molar-refractivity contribution in [3.63, 3.8) is 0 Å². The van der Waals surface area contributed by atoms with Crippen molar-refractivity contribution in [1.29, 1.82) is 0 Å². The van der Waals surface area contributed by atoms with Crippen LogP contribution in [0.25, 0.3) is 0 Å². The molecule has 2 heterocycles. The third kappa shape index (κ3) is 3.81. The zero-order valence-electron chi connectivity index (χ0n) is 13.5. The van der Waals surface area contributed by atoms with Crippen molar-refractivity contribution in [2.45, 2.75) is 51.9 Å². The number of anilines is 1. The van der Waals surface area contributed by atoms with Crippen LogP contribution < -0.4 is 16.6 Å². The zero-order valence-corrected chi connectivity index (χ0v) is 14.3. The molecule has 0 unspecified atom stereocenters. The molecule has 0 fully saturated rings. The van der Waals surface area contributed by atoms with Gasteiger partial charge in [-0.2, -0.15) is 0 Å². The Labute approximate surface area is 142 Å². The van der Waals surface area contributed by atoms with E-state index in [4.69, 9.17) is 0 Å². The van der Waals surface area contributed by atoms with E-state index in [-0.39, 0.29) is 18.7 Å². The Hall–Kier alpha value is -2.22. The number of hydrogen-bond donors (Lipinski definition) is 3. The van der Waals surface area contributed by atoms with Crippen LogP contribution in [0, 0.1) is 6.92 Å². The highest BCUT2D eigenvalue weighted by atomic mass is 32.1. The minimum atomic E-state index is -0.532. The molecule has 0 saturated carbocycles. The fourth-order valence-corrected chi connectivity index (χ4v) is 4.00. The minimum absolute atomic E-state index is 0.167. The number of nitrogens with one attached hydrogen (secondary N) is 3. The van der Waals surface area contributed by atoms with Crippen molar-refractivity contribution in [2.24, 2.45) is 0 Å². The van der Waals surface area contributed by atoms with Gasteiger partial charge in [-0.1, -0.05) is 6.42 Å². The Morgan fingerprint density at radius 3 is 2.79 bits per heavy atom. The predicted molar refractivity (Wildman–Crippen MR) is 92.7 cm³/mol. The molecule has 128 valence electrons. The molecule has 0 atom stereocenters. The van der Waals surface area contributed by atoms with Crippen molar-refractivity contribution in [3.8, 4) is 0 Å². The second kappa shape index (κ2) is 7.12. The molecular weight excluding hydrogens is 328 g/mol. The fraction of sp³-hybridized carbons (Fsp3) is 0.500. The molecule has 2 aromatic rings. The van der Waals surface area contributed by atoms with E-state index in [0.717, 1.165) is 25.0 Å². The van der Waals surface area contributed by atoms with E-state index in [1.54, 1.807) is 18.3 Å². The minimum Gasteiger partial charge on any atom is -0.311 e. The van der Waals surface area contributed by atoms with E-state index in [9.17, 15) is 14.4 Å². The number of carbonyl (C=O) groups excluding carboxylic acids is 1. The van der Waals surface area contributed by atoms with E-state index in [1.807, 2.05) is 0 Å². The molecule has 2 aromatic heterocycles.